The van der Waals surface area contributed by atoms with Gasteiger partial charge in [-0.2, -0.15) is 0 Å². The summed E-state index contributed by atoms with van der Waals surface area (Å²) in [6.45, 7) is 0. The van der Waals surface area contributed by atoms with E-state index in [-0.39, 0.29) is 0 Å². The van der Waals surface area contributed by atoms with Gasteiger partial charge < -0.3 is 10.1 Å². The van der Waals surface area contributed by atoms with Gasteiger partial charge in [-0.1, -0.05) is 23.8 Å². The molecule has 0 fully saturated rings. The molecule has 0 aromatic heterocycles. The Morgan fingerprint density at radius 1 is 1.18 bits per heavy atom. The van der Waals surface area contributed by atoms with Crippen molar-refractivity contribution in [2.75, 3.05) is 14.2 Å². The molecule has 1 aromatic rings. The Labute approximate surface area is 104 Å². The van der Waals surface area contributed by atoms with Gasteiger partial charge in [0.2, 0.25) is 0 Å². The molecule has 1 unspecified atom stereocenters. The van der Waals surface area contributed by atoms with Crippen molar-refractivity contribution in [2.24, 2.45) is 0 Å². The highest BCUT2D eigenvalue weighted by Gasteiger charge is 2.16. The molecule has 92 valence electrons. The van der Waals surface area contributed by atoms with Crippen LogP contribution in [0.4, 0.5) is 0 Å². The number of nitrogens with one attached hydrogen (secondary N) is 1. The molecule has 0 amide bonds. The van der Waals surface area contributed by atoms with Gasteiger partial charge in [-0.05, 0) is 50.4 Å². The minimum Gasteiger partial charge on any atom is -0.497 e. The van der Waals surface area contributed by atoms with Crippen molar-refractivity contribution in [3.8, 4) is 5.75 Å². The van der Waals surface area contributed by atoms with E-state index in [1.807, 2.05) is 19.2 Å². The van der Waals surface area contributed by atoms with Crippen molar-refractivity contribution in [2.45, 2.75) is 31.7 Å². The van der Waals surface area contributed by atoms with Crippen LogP contribution in [-0.4, -0.2) is 14.2 Å². The summed E-state index contributed by atoms with van der Waals surface area (Å²) in [4.78, 5) is 0. The minimum absolute atomic E-state index is 0.362. The second kappa shape index (κ2) is 5.87. The summed E-state index contributed by atoms with van der Waals surface area (Å²) in [6, 6.07) is 8.72. The number of rotatable bonds is 4. The van der Waals surface area contributed by atoms with Gasteiger partial charge in [-0.15, -0.1) is 0 Å². The van der Waals surface area contributed by atoms with Crippen LogP contribution in [0, 0.1) is 0 Å². The van der Waals surface area contributed by atoms with Crippen LogP contribution >= 0.6 is 0 Å². The highest BCUT2D eigenvalue weighted by atomic mass is 16.5. The molecule has 17 heavy (non-hydrogen) atoms. The Hall–Kier alpha value is -1.28. The Kier molecular flexibility index (Phi) is 4.21. The molecule has 0 spiro atoms. The summed E-state index contributed by atoms with van der Waals surface area (Å²) >= 11 is 0. The van der Waals surface area contributed by atoms with Crippen LogP contribution in [0.3, 0.4) is 0 Å². The smallest absolute Gasteiger partial charge is 0.118 e. The van der Waals surface area contributed by atoms with Crippen molar-refractivity contribution < 1.29 is 4.74 Å². The van der Waals surface area contributed by atoms with Gasteiger partial charge >= 0.3 is 0 Å². The van der Waals surface area contributed by atoms with E-state index >= 15 is 0 Å². The number of ether oxygens (including phenoxy) is 1. The maximum atomic E-state index is 5.19. The quantitative estimate of drug-likeness (QED) is 0.801. The highest BCUT2D eigenvalue weighted by Crippen LogP contribution is 2.30. The number of benzene rings is 1. The summed E-state index contributed by atoms with van der Waals surface area (Å²) in [7, 11) is 3.73. The molecule has 0 heterocycles. The molecule has 0 saturated carbocycles. The number of allylic oxidation sites excluding steroid dienone is 1. The van der Waals surface area contributed by atoms with Crippen molar-refractivity contribution in [1.29, 1.82) is 0 Å². The molecule has 2 nitrogen and oxygen atoms in total. The average Bonchev–Trinajstić information content (AvgIpc) is 2.42. The Balaban J connectivity index is 2.18. The van der Waals surface area contributed by atoms with Gasteiger partial charge in [0, 0.05) is 0 Å². The topological polar surface area (TPSA) is 21.3 Å². The summed E-state index contributed by atoms with van der Waals surface area (Å²) in [5.41, 5.74) is 2.85. The largest absolute Gasteiger partial charge is 0.497 e. The van der Waals surface area contributed by atoms with Crippen LogP contribution < -0.4 is 10.1 Å². The molecule has 1 atom stereocenters. The van der Waals surface area contributed by atoms with Gasteiger partial charge in [0.05, 0.1) is 13.2 Å². The second-order valence-corrected chi connectivity index (χ2v) is 4.52. The van der Waals surface area contributed by atoms with Gasteiger partial charge in [-0.25, -0.2) is 0 Å². The van der Waals surface area contributed by atoms with Crippen LogP contribution in [0.5, 0.6) is 5.75 Å². The van der Waals surface area contributed by atoms with E-state index in [1.165, 1.54) is 36.8 Å². The van der Waals surface area contributed by atoms with E-state index in [1.54, 1.807) is 7.11 Å². The first kappa shape index (κ1) is 12.2. The normalized spacial score (nSPS) is 17.4. The molecule has 0 bridgehead atoms. The van der Waals surface area contributed by atoms with E-state index < -0.39 is 0 Å². The fraction of sp³-hybridized carbons (Fsp3) is 0.467. The zero-order valence-electron chi connectivity index (χ0n) is 10.7. The van der Waals surface area contributed by atoms with E-state index in [9.17, 15) is 0 Å². The first-order valence-electron chi connectivity index (χ1n) is 6.35. The molecule has 2 rings (SSSR count). The molecular weight excluding hydrogens is 210 g/mol. The fourth-order valence-corrected chi connectivity index (χ4v) is 2.49. The van der Waals surface area contributed by atoms with E-state index in [0.29, 0.717) is 6.04 Å². The molecule has 0 radical (unpaired) electrons. The van der Waals surface area contributed by atoms with E-state index in [0.717, 1.165) is 5.75 Å². The second-order valence-electron chi connectivity index (χ2n) is 4.52. The third-order valence-corrected chi connectivity index (χ3v) is 3.43. The molecule has 0 saturated heterocycles. The first-order chi connectivity index (χ1) is 8.35. The minimum atomic E-state index is 0.362. The average molecular weight is 231 g/mol. The lowest BCUT2D eigenvalue weighted by molar-refractivity contribution is 0.414. The van der Waals surface area contributed by atoms with E-state index in [4.69, 9.17) is 4.74 Å². The molecule has 1 aliphatic carbocycles. The van der Waals surface area contributed by atoms with Gasteiger partial charge in [0.1, 0.15) is 5.75 Å². The van der Waals surface area contributed by atoms with E-state index in [2.05, 4.69) is 23.5 Å². The number of hydrogen-bond donors (Lipinski definition) is 1. The standard InChI is InChI=1S/C15H21NO/c1-16-15(12-6-4-3-5-7-12)13-8-10-14(17-2)11-9-13/h6,8-11,15-16H,3-5,7H2,1-2H3. The van der Waals surface area contributed by atoms with Crippen molar-refractivity contribution in [1.82, 2.24) is 5.32 Å². The van der Waals surface area contributed by atoms with Gasteiger partial charge in [-0.3, -0.25) is 0 Å². The molecule has 0 aliphatic heterocycles. The maximum absolute atomic E-state index is 5.19. The SMILES string of the molecule is CNC(C1=CCCCC1)c1ccc(OC)cc1. The summed E-state index contributed by atoms with van der Waals surface area (Å²) in [5, 5.41) is 3.42. The predicted molar refractivity (Wildman–Crippen MR) is 71.3 cm³/mol. The maximum Gasteiger partial charge on any atom is 0.118 e. The Bertz CT molecular complexity index is 380. The zero-order chi connectivity index (χ0) is 12.1. The Morgan fingerprint density at radius 3 is 2.47 bits per heavy atom. The van der Waals surface area contributed by atoms with Crippen LogP contribution in [0.25, 0.3) is 0 Å². The summed E-state index contributed by atoms with van der Waals surface area (Å²) in [6.07, 6.45) is 7.50. The lowest BCUT2D eigenvalue weighted by Crippen LogP contribution is -2.19. The van der Waals surface area contributed by atoms with Crippen LogP contribution in [0.2, 0.25) is 0 Å². The molecular formula is C15H21NO. The third-order valence-electron chi connectivity index (χ3n) is 3.43. The first-order valence-corrected chi connectivity index (χ1v) is 6.35. The monoisotopic (exact) mass is 231 g/mol. The Morgan fingerprint density at radius 2 is 1.94 bits per heavy atom. The number of methoxy groups -OCH3 is 1. The van der Waals surface area contributed by atoms with Crippen LogP contribution in [0.15, 0.2) is 35.9 Å². The van der Waals surface area contributed by atoms with Gasteiger partial charge in [0.25, 0.3) is 0 Å². The third kappa shape index (κ3) is 2.89. The van der Waals surface area contributed by atoms with Crippen LogP contribution in [0.1, 0.15) is 37.3 Å². The highest BCUT2D eigenvalue weighted by molar-refractivity contribution is 5.33. The lowest BCUT2D eigenvalue weighted by Gasteiger charge is -2.23. The number of likely N-dealkylation sites (N-methyl/N-ethyl adjacent to an activating group) is 1. The van der Waals surface area contributed by atoms with Crippen molar-refractivity contribution >= 4 is 0 Å². The summed E-state index contributed by atoms with van der Waals surface area (Å²) < 4.78 is 5.19. The zero-order valence-corrected chi connectivity index (χ0v) is 10.7. The molecule has 2 heteroatoms. The van der Waals surface area contributed by atoms with Crippen molar-refractivity contribution in [3.05, 3.63) is 41.5 Å². The summed E-state index contributed by atoms with van der Waals surface area (Å²) in [5.74, 6) is 0.918. The molecule has 1 N–H and O–H groups in total. The molecule has 1 aliphatic rings. The molecule has 1 aromatic carbocycles. The predicted octanol–water partition coefficient (Wildman–Crippen LogP) is 3.46. The van der Waals surface area contributed by atoms with Crippen molar-refractivity contribution in [3.63, 3.8) is 0 Å². The fourth-order valence-electron chi connectivity index (χ4n) is 2.49. The van der Waals surface area contributed by atoms with Crippen LogP contribution in [-0.2, 0) is 0 Å². The number of hydrogen-bond acceptors (Lipinski definition) is 2. The van der Waals surface area contributed by atoms with Gasteiger partial charge in [0.15, 0.2) is 0 Å². The lowest BCUT2D eigenvalue weighted by atomic mass is 9.90.